The quantitative estimate of drug-likeness (QED) is 0.140. The minimum Gasteiger partial charge on any atom is -0.479 e. The molecule has 2 aliphatic heterocycles. The predicted molar refractivity (Wildman–Crippen MR) is 221 cm³/mol. The van der Waals surface area contributed by atoms with E-state index in [0.29, 0.717) is 85.5 Å². The lowest BCUT2D eigenvalue weighted by Gasteiger charge is -2.29. The fourth-order valence-electron chi connectivity index (χ4n) is 6.31. The first-order valence-corrected chi connectivity index (χ1v) is 20.3. The van der Waals surface area contributed by atoms with Crippen LogP contribution in [0.25, 0.3) is 20.7 Å². The molecular weight excluding hydrogens is 879 g/mol. The van der Waals surface area contributed by atoms with E-state index in [0.717, 1.165) is 35.9 Å². The summed E-state index contributed by atoms with van der Waals surface area (Å²) in [5, 5.41) is 9.09. The second-order valence-corrected chi connectivity index (χ2v) is 15.4. The largest absolute Gasteiger partial charge is 0.479 e. The maximum absolute atomic E-state index is 12.8. The van der Waals surface area contributed by atoms with Crippen LogP contribution in [-0.4, -0.2) is 74.2 Å². The zero-order valence-corrected chi connectivity index (χ0v) is 34.6. The van der Waals surface area contributed by atoms with Gasteiger partial charge in [-0.3, -0.25) is 10.6 Å². The zero-order valence-electron chi connectivity index (χ0n) is 33.0. The van der Waals surface area contributed by atoms with Gasteiger partial charge in [0.25, 0.3) is 0 Å². The second-order valence-electron chi connectivity index (χ2n) is 13.4. The molecule has 23 heteroatoms. The monoisotopic (exact) mass is 912 g/mol. The van der Waals surface area contributed by atoms with Crippen LogP contribution < -0.4 is 30.2 Å². The van der Waals surface area contributed by atoms with Crippen molar-refractivity contribution in [1.29, 1.82) is 0 Å². The number of ether oxygens (including phenoxy) is 3. The average Bonchev–Trinajstić information content (AvgIpc) is 3.89. The Morgan fingerprint density at radius 3 is 1.83 bits per heavy atom. The first-order chi connectivity index (χ1) is 30.2. The van der Waals surface area contributed by atoms with Gasteiger partial charge < -0.3 is 24.4 Å². The molecule has 0 unspecified atom stereocenters. The summed E-state index contributed by atoms with van der Waals surface area (Å²) >= 11 is 2.40. The third-order valence-electron chi connectivity index (χ3n) is 9.34. The number of carbonyl (C=O) groups excluding carboxylic acids is 2. The van der Waals surface area contributed by atoms with E-state index in [4.69, 9.17) is 14.2 Å². The maximum atomic E-state index is 12.8. The normalized spacial score (nSPS) is 13.4. The number of fused-ring (bicyclic) bond motifs is 4. The van der Waals surface area contributed by atoms with Crippen molar-refractivity contribution in [3.63, 3.8) is 0 Å². The van der Waals surface area contributed by atoms with Crippen LogP contribution in [0.2, 0.25) is 0 Å². The van der Waals surface area contributed by atoms with Crippen molar-refractivity contribution in [2.24, 2.45) is 0 Å². The number of para-hydroxylation sites is 1. The fourth-order valence-corrected chi connectivity index (χ4v) is 7.88. The number of nitrogens with one attached hydrogen (secondary N) is 3. The highest BCUT2D eigenvalue weighted by Crippen LogP contribution is 2.34. The standard InChI is InChI=1S/C17H14F3N5O2S.C13H10N4O3S.C10H10F3N/c1-27-13-12-14(22-8-21-13)28-15(23-12)24-16(26)25-5-4-9-6-11(17(18,19)20)3-2-10(9)7-25;1-19-10-9-11(15-7-14-10)21-12(16-9)17-13(18)20-8-5-3-2-4-6-8;11-10(12,13)9-2-1-8-6-14-4-3-7(8)5-9/h2-3,6,8H,4-5,7H2,1H3,(H,23,24,26);2-7H,1H3,(H,16,17,18);1-2,5,14H,3-4,6H2. The smallest absolute Gasteiger partial charge is 0.418 e. The molecule has 4 aromatic heterocycles. The van der Waals surface area contributed by atoms with E-state index < -0.39 is 29.6 Å². The molecule has 9 rings (SSSR count). The van der Waals surface area contributed by atoms with Gasteiger partial charge in [-0.25, -0.2) is 29.5 Å². The number of rotatable bonds is 5. The van der Waals surface area contributed by atoms with E-state index in [-0.39, 0.29) is 12.6 Å². The van der Waals surface area contributed by atoms with E-state index in [9.17, 15) is 35.9 Å². The Bertz CT molecular complexity index is 2740. The van der Waals surface area contributed by atoms with Crippen molar-refractivity contribution in [2.75, 3.05) is 37.9 Å². The van der Waals surface area contributed by atoms with Gasteiger partial charge in [-0.1, -0.05) is 53.0 Å². The van der Waals surface area contributed by atoms with Gasteiger partial charge in [-0.05, 0) is 78.0 Å². The average molecular weight is 913 g/mol. The zero-order chi connectivity index (χ0) is 44.7. The molecule has 0 fully saturated rings. The molecule has 0 saturated heterocycles. The van der Waals surface area contributed by atoms with E-state index in [1.165, 1.54) is 66.6 Å². The van der Waals surface area contributed by atoms with Gasteiger partial charge in [0, 0.05) is 19.6 Å². The van der Waals surface area contributed by atoms with Gasteiger partial charge in [-0.15, -0.1) is 0 Å². The predicted octanol–water partition coefficient (Wildman–Crippen LogP) is 8.76. The molecule has 0 bridgehead atoms. The van der Waals surface area contributed by atoms with Gasteiger partial charge in [0.15, 0.2) is 31.0 Å². The molecular formula is C40H34F6N10O5S2. The van der Waals surface area contributed by atoms with Gasteiger partial charge in [0.05, 0.1) is 25.3 Å². The Hall–Kier alpha value is -6.72. The Balaban J connectivity index is 0.000000150. The van der Waals surface area contributed by atoms with E-state index >= 15 is 0 Å². The topological polar surface area (TPSA) is 179 Å². The van der Waals surface area contributed by atoms with Gasteiger partial charge >= 0.3 is 24.5 Å². The van der Waals surface area contributed by atoms with E-state index in [2.05, 4.69) is 45.9 Å². The van der Waals surface area contributed by atoms with Crippen LogP contribution in [0.1, 0.15) is 33.4 Å². The number of urea groups is 1. The molecule has 0 saturated carbocycles. The molecule has 63 heavy (non-hydrogen) atoms. The minimum atomic E-state index is -4.37. The summed E-state index contributed by atoms with van der Waals surface area (Å²) in [7, 11) is 2.96. The number of hydrogen-bond donors (Lipinski definition) is 3. The number of aromatic nitrogens is 6. The molecule has 0 aliphatic carbocycles. The number of anilines is 2. The molecule has 0 atom stereocenters. The number of benzene rings is 3. The molecule has 7 aromatic rings. The number of amides is 3. The van der Waals surface area contributed by atoms with Crippen molar-refractivity contribution in [1.82, 2.24) is 40.1 Å². The van der Waals surface area contributed by atoms with Crippen LogP contribution in [0.3, 0.4) is 0 Å². The number of carbonyl (C=O) groups is 2. The molecule has 15 nitrogen and oxygen atoms in total. The number of hydrogen-bond acceptors (Lipinski definition) is 14. The van der Waals surface area contributed by atoms with Gasteiger partial charge in [0.2, 0.25) is 11.8 Å². The fraction of sp³-hybridized carbons (Fsp3) is 0.250. The summed E-state index contributed by atoms with van der Waals surface area (Å²) in [5.41, 5.74) is 2.84. The van der Waals surface area contributed by atoms with Crippen molar-refractivity contribution < 1.29 is 50.1 Å². The summed E-state index contributed by atoms with van der Waals surface area (Å²) in [6.45, 7) is 1.98. The molecule has 0 radical (unpaired) electrons. The van der Waals surface area contributed by atoms with Gasteiger partial charge in [0.1, 0.15) is 18.4 Å². The number of nitrogens with zero attached hydrogens (tertiary/aromatic N) is 7. The third kappa shape index (κ3) is 11.0. The highest BCUT2D eigenvalue weighted by atomic mass is 32.1. The lowest BCUT2D eigenvalue weighted by Crippen LogP contribution is -2.39. The Morgan fingerprint density at radius 2 is 1.25 bits per heavy atom. The van der Waals surface area contributed by atoms with Crippen LogP contribution in [-0.2, 0) is 38.3 Å². The van der Waals surface area contributed by atoms with Gasteiger partial charge in [-0.2, -0.15) is 36.3 Å². The van der Waals surface area contributed by atoms with Crippen molar-refractivity contribution in [3.8, 4) is 17.5 Å². The summed E-state index contributed by atoms with van der Waals surface area (Å²) in [6.07, 6.45) is -5.45. The van der Waals surface area contributed by atoms with Crippen LogP contribution in [0, 0.1) is 0 Å². The Morgan fingerprint density at radius 1 is 0.698 bits per heavy atom. The summed E-state index contributed by atoms with van der Waals surface area (Å²) in [4.78, 5) is 51.7. The minimum absolute atomic E-state index is 0.229. The second kappa shape index (κ2) is 19.1. The number of halogens is 6. The Kier molecular flexibility index (Phi) is 13.5. The summed E-state index contributed by atoms with van der Waals surface area (Å²) < 4.78 is 90.9. The number of methoxy groups -OCH3 is 2. The highest BCUT2D eigenvalue weighted by Gasteiger charge is 2.33. The van der Waals surface area contributed by atoms with E-state index in [1.54, 1.807) is 30.3 Å². The van der Waals surface area contributed by atoms with Crippen molar-refractivity contribution >= 4 is 65.8 Å². The third-order valence-corrected chi connectivity index (χ3v) is 11.1. The lowest BCUT2D eigenvalue weighted by molar-refractivity contribution is -0.138. The van der Waals surface area contributed by atoms with Crippen LogP contribution in [0.5, 0.6) is 17.5 Å². The first-order valence-electron chi connectivity index (χ1n) is 18.7. The molecule has 3 aromatic carbocycles. The molecule has 328 valence electrons. The van der Waals surface area contributed by atoms with Crippen molar-refractivity contribution in [2.45, 2.75) is 38.3 Å². The summed E-state index contributed by atoms with van der Waals surface area (Å²) in [5.74, 6) is 1.13. The van der Waals surface area contributed by atoms with Crippen LogP contribution >= 0.6 is 22.7 Å². The number of thiazole rings is 2. The van der Waals surface area contributed by atoms with Crippen molar-refractivity contribution in [3.05, 3.63) is 113 Å². The van der Waals surface area contributed by atoms with E-state index in [1.807, 2.05) is 6.07 Å². The molecule has 2 aliphatic rings. The lowest BCUT2D eigenvalue weighted by atomic mass is 9.97. The molecule has 3 amide bonds. The highest BCUT2D eigenvalue weighted by molar-refractivity contribution is 7.22. The first kappa shape index (κ1) is 44.3. The Labute approximate surface area is 361 Å². The van der Waals surface area contributed by atoms with Crippen LogP contribution in [0.15, 0.2) is 79.4 Å². The molecule has 6 heterocycles. The summed E-state index contributed by atoms with van der Waals surface area (Å²) in [6, 6.07) is 16.0. The number of alkyl halides is 6. The molecule has 3 N–H and O–H groups in total. The molecule has 0 spiro atoms. The SMILES string of the molecule is COc1ncnc2sc(NC(=O)N3CCc4cc(C(F)(F)F)ccc4C3)nc12.COc1ncnc2sc(NC(=O)Oc3ccccc3)nc12.FC(F)(F)c1ccc2c(c1)CCNC2. The van der Waals surface area contributed by atoms with Crippen LogP contribution in [0.4, 0.5) is 46.2 Å². The maximum Gasteiger partial charge on any atom is 0.418 e.